The number of aromatic nitrogens is 4. The number of likely N-dealkylation sites (tertiary alicyclic amines) is 2. The van der Waals surface area contributed by atoms with Gasteiger partial charge in [0.05, 0.1) is 47.9 Å². The first-order valence-corrected chi connectivity index (χ1v) is 29.6. The maximum absolute atomic E-state index is 14.1. The number of nitrogen functional groups attached to an aromatic ring is 1. The topological polar surface area (TPSA) is 292 Å². The maximum Gasteiger partial charge on any atom is 0.475 e. The molecule has 0 spiro atoms. The number of benzene rings is 2. The van der Waals surface area contributed by atoms with Gasteiger partial charge in [0.15, 0.2) is 18.4 Å². The molecule has 5 fully saturated rings. The van der Waals surface area contributed by atoms with E-state index in [-0.39, 0.29) is 67.3 Å². The van der Waals surface area contributed by atoms with Gasteiger partial charge >= 0.3 is 7.82 Å². The van der Waals surface area contributed by atoms with E-state index in [1.165, 1.54) is 0 Å². The number of phosphoric ester groups is 1. The second-order valence-electron chi connectivity index (χ2n) is 21.8. The van der Waals surface area contributed by atoms with E-state index in [1.54, 1.807) is 35.2 Å². The van der Waals surface area contributed by atoms with Crippen molar-refractivity contribution in [2.24, 2.45) is 11.7 Å². The van der Waals surface area contributed by atoms with Gasteiger partial charge in [-0.2, -0.15) is 5.26 Å². The number of pyridine rings is 1. The van der Waals surface area contributed by atoms with Gasteiger partial charge in [-0.15, -0.1) is 10.2 Å². The minimum atomic E-state index is -4.33. The molecule has 23 nitrogen and oxygen atoms in total. The monoisotopic (exact) mass is 1130 g/mol. The van der Waals surface area contributed by atoms with Crippen molar-refractivity contribution in [1.29, 1.82) is 5.26 Å². The van der Waals surface area contributed by atoms with Crippen LogP contribution in [0, 0.1) is 17.2 Å². The molecule has 81 heavy (non-hydrogen) atoms. The summed E-state index contributed by atoms with van der Waals surface area (Å²) < 4.78 is 52.4. The summed E-state index contributed by atoms with van der Waals surface area (Å²) in [6.45, 7) is 10.1. The summed E-state index contributed by atoms with van der Waals surface area (Å²) in [4.78, 5) is 50.9. The number of phosphoric acid groups is 1. The molecule has 4 aliphatic heterocycles. The summed E-state index contributed by atoms with van der Waals surface area (Å²) in [6.07, 6.45) is 8.96. The number of nitrogens with zero attached hydrogens (tertiary/aromatic N) is 9. The Kier molecular flexibility index (Phi) is 18.3. The van der Waals surface area contributed by atoms with E-state index in [4.69, 9.17) is 49.2 Å². The number of ether oxygens (including phenoxy) is 4. The Morgan fingerprint density at radius 1 is 0.889 bits per heavy atom. The summed E-state index contributed by atoms with van der Waals surface area (Å²) in [6, 6.07) is 23.7. The maximum atomic E-state index is 14.1. The largest absolute Gasteiger partial charge is 0.475 e. The second kappa shape index (κ2) is 25.9. The molecule has 5 aromatic rings. The van der Waals surface area contributed by atoms with Gasteiger partial charge in [-0.3, -0.25) is 19.0 Å². The first kappa shape index (κ1) is 57.3. The number of amides is 2. The molecular formula is C57H73N12O11P. The normalized spacial score (nSPS) is 22.6. The van der Waals surface area contributed by atoms with Gasteiger partial charge in [0, 0.05) is 100 Å². The number of nitriles is 1. The van der Waals surface area contributed by atoms with Crippen LogP contribution in [-0.2, 0) is 27.9 Å². The van der Waals surface area contributed by atoms with Crippen LogP contribution in [0.1, 0.15) is 101 Å². The lowest BCUT2D eigenvalue weighted by Crippen LogP contribution is -2.54. The van der Waals surface area contributed by atoms with Crippen LogP contribution in [0.3, 0.4) is 0 Å². The zero-order valence-corrected chi connectivity index (χ0v) is 47.0. The molecule has 7 heterocycles. The summed E-state index contributed by atoms with van der Waals surface area (Å²) in [5.41, 5.74) is 16.3. The van der Waals surface area contributed by atoms with Crippen molar-refractivity contribution in [1.82, 2.24) is 35.5 Å². The van der Waals surface area contributed by atoms with Gasteiger partial charge in [0.25, 0.3) is 5.88 Å². The van der Waals surface area contributed by atoms with Crippen molar-refractivity contribution < 1.29 is 51.6 Å². The Morgan fingerprint density at radius 3 is 2.40 bits per heavy atom. The third-order valence-electron chi connectivity index (χ3n) is 16.0. The highest BCUT2D eigenvalue weighted by Gasteiger charge is 2.43. The average molecular weight is 1130 g/mol. The highest BCUT2D eigenvalue weighted by molar-refractivity contribution is 7.47. The van der Waals surface area contributed by atoms with E-state index in [0.29, 0.717) is 72.0 Å². The number of piperazine rings is 1. The summed E-state index contributed by atoms with van der Waals surface area (Å²) in [5, 5.41) is 25.1. The molecule has 432 valence electrons. The Balaban J connectivity index is 0.640. The van der Waals surface area contributed by atoms with Crippen LogP contribution >= 0.6 is 7.82 Å². The predicted octanol–water partition coefficient (Wildman–Crippen LogP) is 6.34. The lowest BCUT2D eigenvalue weighted by atomic mass is 9.91. The summed E-state index contributed by atoms with van der Waals surface area (Å²) >= 11 is 0. The smallest absolute Gasteiger partial charge is 0.474 e. The Hall–Kier alpha value is -6.90. The van der Waals surface area contributed by atoms with Gasteiger partial charge in [-0.05, 0) is 98.5 Å². The third kappa shape index (κ3) is 13.9. The van der Waals surface area contributed by atoms with Crippen LogP contribution in [0.15, 0.2) is 83.5 Å². The molecule has 2 amide bonds. The van der Waals surface area contributed by atoms with Gasteiger partial charge in [-0.1, -0.05) is 38.1 Å². The molecule has 2 bridgehead atoms. The Bertz CT molecular complexity index is 3030. The van der Waals surface area contributed by atoms with Crippen LogP contribution in [0.4, 0.5) is 17.2 Å². The number of anilines is 3. The van der Waals surface area contributed by atoms with Crippen molar-refractivity contribution in [2.45, 2.75) is 121 Å². The van der Waals surface area contributed by atoms with Crippen LogP contribution in [-0.4, -0.2) is 149 Å². The zero-order chi connectivity index (χ0) is 56.6. The van der Waals surface area contributed by atoms with E-state index in [1.807, 2.05) is 57.3 Å². The van der Waals surface area contributed by atoms with Crippen molar-refractivity contribution in [3.63, 3.8) is 0 Å². The minimum Gasteiger partial charge on any atom is -0.474 e. The molecule has 1 saturated carbocycles. The lowest BCUT2D eigenvalue weighted by Gasteiger charge is -2.43. The molecule has 10 rings (SSSR count). The number of carbonyl (C=O) groups is 2. The van der Waals surface area contributed by atoms with Crippen molar-refractivity contribution in [3.05, 3.63) is 95.9 Å². The predicted molar refractivity (Wildman–Crippen MR) is 299 cm³/mol. The number of hydrogen-bond donors (Lipinski definition) is 4. The molecule has 6 N–H and O–H groups in total. The molecule has 1 aliphatic carbocycles. The quantitative estimate of drug-likeness (QED) is 0.0387. The number of nitrogens with one attached hydrogen (secondary N) is 1. The van der Waals surface area contributed by atoms with E-state index in [9.17, 15) is 19.0 Å². The molecule has 0 radical (unpaired) electrons. The molecule has 6 atom stereocenters. The number of carbonyl (C=O) groups excluding carboxylic acids is 2. The average Bonchev–Trinajstić information content (AvgIpc) is 4.41. The lowest BCUT2D eigenvalue weighted by molar-refractivity contribution is -0.141. The van der Waals surface area contributed by atoms with Gasteiger partial charge in [-0.25, -0.2) is 14.1 Å². The third-order valence-corrected chi connectivity index (χ3v) is 16.9. The molecule has 4 saturated heterocycles. The number of hydrogen-bond acceptors (Lipinski definition) is 20. The first-order valence-electron chi connectivity index (χ1n) is 28.1. The molecular weight excluding hydrogens is 1060 g/mol. The number of nitrogens with two attached hydrogens (primary N) is 2. The van der Waals surface area contributed by atoms with Gasteiger partial charge < -0.3 is 59.8 Å². The number of fused-ring (bicyclic) bond motifs is 2. The highest BCUT2D eigenvalue weighted by Crippen LogP contribution is 2.44. The van der Waals surface area contributed by atoms with Crippen LogP contribution in [0.25, 0.3) is 11.3 Å². The SMILES string of the molecule is CC(C)[C@@H](C(=O)N1CCC[C@H]1C(=O)N[C@@H](C)c1ccc(C#N)cc1)c1cc(OCCN2CCC(OC3CC(Oc4cc(N5C6CCC5CN(c5cc(-c7ccccc7OCOP(=O)(O)OCCN)nnc5N)C6)ccn4)C3)CC2)no1. The van der Waals surface area contributed by atoms with Crippen molar-refractivity contribution >= 4 is 36.8 Å². The van der Waals surface area contributed by atoms with Crippen LogP contribution in [0.5, 0.6) is 17.5 Å². The zero-order valence-electron chi connectivity index (χ0n) is 46.1. The minimum absolute atomic E-state index is 0.0280. The molecule has 5 aliphatic rings. The fraction of sp³-hybridized carbons (Fsp3) is 0.526. The molecule has 2 aromatic carbocycles. The molecule has 3 unspecified atom stereocenters. The van der Waals surface area contributed by atoms with Crippen LogP contribution in [0.2, 0.25) is 0 Å². The van der Waals surface area contributed by atoms with Crippen LogP contribution < -0.4 is 40.8 Å². The standard InChI is InChI=1S/C57H73N12O11P/c1-36(2)54(57(71)68-21-6-8-48(68)56(70)62-37(3)39-12-10-38(32-59)11-13-39)51-31-53(65-80-51)74-26-24-66-22-17-43(18-23-66)78-44-28-45(29-44)79-52-27-40(16-20-61-52)69-41-14-15-42(69)34-67(33-41)49-30-47(63-64-55(49)60)46-7-4-5-9-50(46)75-35-77-81(72,73)76-25-19-58/h4-5,7,9-13,16,20,27,30-31,36-37,41-45,48,54H,6,8,14-15,17-19,21-26,28-29,33-35,58H2,1-3H3,(H2,60,64)(H,62,70)(H,72,73)/t37-,41?,42?,44?,45?,48-,54+/m0/s1. The second-order valence-corrected chi connectivity index (χ2v) is 23.3. The fourth-order valence-electron chi connectivity index (χ4n) is 11.7. The van der Waals surface area contributed by atoms with Gasteiger partial charge in [0.1, 0.15) is 30.4 Å². The van der Waals surface area contributed by atoms with E-state index in [2.05, 4.69) is 58.6 Å². The van der Waals surface area contributed by atoms with E-state index >= 15 is 0 Å². The Morgan fingerprint density at radius 2 is 1.65 bits per heavy atom. The number of piperidine rings is 1. The van der Waals surface area contributed by atoms with E-state index in [0.717, 1.165) is 88.1 Å². The Labute approximate surface area is 471 Å². The summed E-state index contributed by atoms with van der Waals surface area (Å²) in [7, 11) is -4.33. The van der Waals surface area contributed by atoms with Crippen molar-refractivity contribution in [3.8, 4) is 34.8 Å². The van der Waals surface area contributed by atoms with Gasteiger partial charge in [0.2, 0.25) is 17.7 Å². The fourth-order valence-corrected chi connectivity index (χ4v) is 12.3. The number of para-hydroxylation sites is 1. The first-order chi connectivity index (χ1) is 39.2. The van der Waals surface area contributed by atoms with Crippen molar-refractivity contribution in [2.75, 3.05) is 81.4 Å². The highest BCUT2D eigenvalue weighted by atomic mass is 31.2. The molecule has 24 heteroatoms. The molecule has 3 aromatic heterocycles. The number of rotatable bonds is 24. The van der Waals surface area contributed by atoms with E-state index < -0.39 is 26.6 Å². The summed E-state index contributed by atoms with van der Waals surface area (Å²) in [5.74, 6) is 0.956.